The maximum Gasteiger partial charge on any atom is 0.302 e. The van der Waals surface area contributed by atoms with Crippen LogP contribution in [0.1, 0.15) is 79.1 Å². The second-order valence-corrected chi connectivity index (χ2v) is 10.7. The van der Waals surface area contributed by atoms with Crippen LogP contribution in [0.5, 0.6) is 0 Å². The first-order valence-electron chi connectivity index (χ1n) is 11.9. The number of allylic oxidation sites excluding steroid dienone is 1. The Hall–Kier alpha value is -1.36. The highest BCUT2D eigenvalue weighted by Crippen LogP contribution is 2.66. The molecule has 0 aromatic carbocycles. The molecule has 3 fully saturated rings. The van der Waals surface area contributed by atoms with Gasteiger partial charge in [0.25, 0.3) is 0 Å². The summed E-state index contributed by atoms with van der Waals surface area (Å²) in [6, 6.07) is 0. The lowest BCUT2D eigenvalue weighted by atomic mass is 9.47. The highest BCUT2D eigenvalue weighted by Gasteiger charge is 2.61. The van der Waals surface area contributed by atoms with E-state index in [9.17, 15) is 14.7 Å². The second kappa shape index (κ2) is 7.96. The van der Waals surface area contributed by atoms with Crippen molar-refractivity contribution in [3.05, 3.63) is 11.6 Å². The van der Waals surface area contributed by atoms with Gasteiger partial charge in [0.15, 0.2) is 0 Å². The molecule has 0 saturated heterocycles. The standard InChI is InChI=1S/C25H38O5/c1-15(26)21-7-8-23-20-6-5-18-13-19(30-17(3)28)9-11-24(18,4)22(20)10-12-25(21,23)14-29-16(2)27/h5,15,19-23,26H,6-14H2,1-4H3/t15-,19+,20-,21-,22+,23+,24+,25+/m1/s1. The molecule has 0 heterocycles. The number of carbonyl (C=O) groups is 2. The van der Waals surface area contributed by atoms with Crippen molar-refractivity contribution >= 4 is 11.9 Å². The predicted octanol–water partition coefficient (Wildman–Crippen LogP) is 4.42. The molecule has 3 saturated carbocycles. The molecule has 0 spiro atoms. The fourth-order valence-electron chi connectivity index (χ4n) is 8.06. The van der Waals surface area contributed by atoms with E-state index in [0.717, 1.165) is 51.4 Å². The van der Waals surface area contributed by atoms with Crippen molar-refractivity contribution in [2.24, 2.45) is 34.5 Å². The first kappa shape index (κ1) is 21.9. The fraction of sp³-hybridized carbons (Fsp3) is 0.840. The summed E-state index contributed by atoms with van der Waals surface area (Å²) in [7, 11) is 0. The lowest BCUT2D eigenvalue weighted by Gasteiger charge is -2.58. The molecule has 30 heavy (non-hydrogen) atoms. The van der Waals surface area contributed by atoms with Crippen LogP contribution in [-0.4, -0.2) is 35.9 Å². The van der Waals surface area contributed by atoms with E-state index in [4.69, 9.17) is 9.47 Å². The van der Waals surface area contributed by atoms with Crippen molar-refractivity contribution < 1.29 is 24.2 Å². The monoisotopic (exact) mass is 418 g/mol. The second-order valence-electron chi connectivity index (χ2n) is 10.7. The minimum atomic E-state index is -0.369. The van der Waals surface area contributed by atoms with Crippen molar-refractivity contribution in [3.8, 4) is 0 Å². The third kappa shape index (κ3) is 3.51. The van der Waals surface area contributed by atoms with Crippen molar-refractivity contribution in [1.29, 1.82) is 0 Å². The number of carbonyl (C=O) groups excluding carboxylic acids is 2. The minimum absolute atomic E-state index is 0.0242. The zero-order valence-corrected chi connectivity index (χ0v) is 19.0. The number of aliphatic hydroxyl groups is 1. The third-order valence-electron chi connectivity index (χ3n) is 9.30. The SMILES string of the molecule is CC(=O)OC[C@]12CC[C@H]3[C@@H](CC=C4C[C@@H](OC(C)=O)CC[C@@]43C)[C@@H]1CC[C@@H]2[C@@H](C)O. The Morgan fingerprint density at radius 1 is 1.13 bits per heavy atom. The molecule has 4 aliphatic carbocycles. The Kier molecular flexibility index (Phi) is 5.80. The summed E-state index contributed by atoms with van der Waals surface area (Å²) in [6.07, 6.45) is 10.3. The van der Waals surface area contributed by atoms with Crippen LogP contribution in [0, 0.1) is 34.5 Å². The van der Waals surface area contributed by atoms with Gasteiger partial charge >= 0.3 is 11.9 Å². The molecule has 4 rings (SSSR count). The summed E-state index contributed by atoms with van der Waals surface area (Å²) in [5.41, 5.74) is 1.58. The number of esters is 2. The molecular weight excluding hydrogens is 380 g/mol. The fourth-order valence-corrected chi connectivity index (χ4v) is 8.06. The van der Waals surface area contributed by atoms with Gasteiger partial charge in [0.1, 0.15) is 6.10 Å². The van der Waals surface area contributed by atoms with Crippen LogP contribution in [0.15, 0.2) is 11.6 Å². The van der Waals surface area contributed by atoms with E-state index < -0.39 is 0 Å². The number of aliphatic hydroxyl groups excluding tert-OH is 1. The summed E-state index contributed by atoms with van der Waals surface area (Å²) < 4.78 is 11.2. The first-order chi connectivity index (χ1) is 14.2. The van der Waals surface area contributed by atoms with Gasteiger partial charge in [0.05, 0.1) is 12.7 Å². The smallest absolute Gasteiger partial charge is 0.302 e. The number of hydrogen-bond acceptors (Lipinski definition) is 5. The summed E-state index contributed by atoms with van der Waals surface area (Å²) in [4.78, 5) is 23.1. The van der Waals surface area contributed by atoms with Crippen LogP contribution in [-0.2, 0) is 19.1 Å². The van der Waals surface area contributed by atoms with Crippen molar-refractivity contribution in [2.45, 2.75) is 91.3 Å². The number of fused-ring (bicyclic) bond motifs is 5. The van der Waals surface area contributed by atoms with E-state index in [0.29, 0.717) is 24.4 Å². The maximum atomic E-state index is 11.6. The van der Waals surface area contributed by atoms with Gasteiger partial charge in [-0.2, -0.15) is 0 Å². The van der Waals surface area contributed by atoms with Crippen LogP contribution in [0.2, 0.25) is 0 Å². The van der Waals surface area contributed by atoms with Gasteiger partial charge < -0.3 is 14.6 Å². The minimum Gasteiger partial charge on any atom is -0.465 e. The lowest BCUT2D eigenvalue weighted by molar-refractivity contribution is -0.156. The summed E-state index contributed by atoms with van der Waals surface area (Å²) in [6.45, 7) is 7.78. The average Bonchev–Trinajstić information content (AvgIpc) is 3.06. The summed E-state index contributed by atoms with van der Waals surface area (Å²) >= 11 is 0. The van der Waals surface area contributed by atoms with Crippen molar-refractivity contribution in [2.75, 3.05) is 6.61 Å². The molecular formula is C25H38O5. The molecule has 0 bridgehead atoms. The van der Waals surface area contributed by atoms with Crippen LogP contribution < -0.4 is 0 Å². The molecule has 0 amide bonds. The Morgan fingerprint density at radius 2 is 1.90 bits per heavy atom. The lowest BCUT2D eigenvalue weighted by Crippen LogP contribution is -2.54. The van der Waals surface area contributed by atoms with E-state index in [2.05, 4.69) is 13.0 Å². The van der Waals surface area contributed by atoms with E-state index >= 15 is 0 Å². The number of hydrogen-bond donors (Lipinski definition) is 1. The van der Waals surface area contributed by atoms with Crippen LogP contribution in [0.3, 0.4) is 0 Å². The molecule has 4 aliphatic rings. The molecule has 0 radical (unpaired) electrons. The molecule has 168 valence electrons. The van der Waals surface area contributed by atoms with E-state index in [1.165, 1.54) is 19.4 Å². The highest BCUT2D eigenvalue weighted by molar-refractivity contribution is 5.66. The number of rotatable bonds is 4. The van der Waals surface area contributed by atoms with Crippen molar-refractivity contribution in [3.63, 3.8) is 0 Å². The summed E-state index contributed by atoms with van der Waals surface area (Å²) in [5.74, 6) is 1.51. The van der Waals surface area contributed by atoms with Gasteiger partial charge in [0.2, 0.25) is 0 Å². The average molecular weight is 419 g/mol. The van der Waals surface area contributed by atoms with Gasteiger partial charge in [-0.1, -0.05) is 18.6 Å². The molecule has 5 heteroatoms. The Balaban J connectivity index is 1.60. The Labute approximate surface area is 180 Å². The topological polar surface area (TPSA) is 72.8 Å². The van der Waals surface area contributed by atoms with Gasteiger partial charge in [-0.3, -0.25) is 9.59 Å². The van der Waals surface area contributed by atoms with Crippen molar-refractivity contribution in [1.82, 2.24) is 0 Å². The third-order valence-corrected chi connectivity index (χ3v) is 9.30. The maximum absolute atomic E-state index is 11.6. The van der Waals surface area contributed by atoms with Gasteiger partial charge in [-0.25, -0.2) is 0 Å². The largest absolute Gasteiger partial charge is 0.465 e. The molecule has 0 aromatic heterocycles. The summed E-state index contributed by atoms with van der Waals surface area (Å²) in [5, 5.41) is 10.6. The van der Waals surface area contributed by atoms with E-state index in [1.54, 1.807) is 0 Å². The highest BCUT2D eigenvalue weighted by atomic mass is 16.5. The normalized spacial score (nSPS) is 43.5. The van der Waals surface area contributed by atoms with Gasteiger partial charge in [-0.15, -0.1) is 0 Å². The zero-order valence-electron chi connectivity index (χ0n) is 19.0. The number of ether oxygens (including phenoxy) is 2. The van der Waals surface area contributed by atoms with Gasteiger partial charge in [-0.05, 0) is 81.0 Å². The Bertz CT molecular complexity index is 727. The Morgan fingerprint density at radius 3 is 2.57 bits per heavy atom. The zero-order chi connectivity index (χ0) is 21.7. The molecule has 8 atom stereocenters. The van der Waals surface area contributed by atoms with Crippen LogP contribution in [0.4, 0.5) is 0 Å². The van der Waals surface area contributed by atoms with Gasteiger partial charge in [0, 0.05) is 25.7 Å². The molecule has 1 N–H and O–H groups in total. The quantitative estimate of drug-likeness (QED) is 0.540. The molecule has 0 aromatic rings. The van der Waals surface area contributed by atoms with Crippen LogP contribution in [0.25, 0.3) is 0 Å². The van der Waals surface area contributed by atoms with E-state index in [1.807, 2.05) is 6.92 Å². The van der Waals surface area contributed by atoms with E-state index in [-0.39, 0.29) is 40.9 Å². The molecule has 5 nitrogen and oxygen atoms in total. The first-order valence-corrected chi connectivity index (χ1v) is 11.9. The van der Waals surface area contributed by atoms with Crippen LogP contribution >= 0.6 is 0 Å². The molecule has 0 unspecified atom stereocenters. The predicted molar refractivity (Wildman–Crippen MR) is 113 cm³/mol. The molecule has 0 aliphatic heterocycles.